The van der Waals surface area contributed by atoms with Crippen molar-refractivity contribution in [2.45, 2.75) is 20.3 Å². The molecule has 1 aliphatic rings. The summed E-state index contributed by atoms with van der Waals surface area (Å²) in [5.41, 5.74) is 3.22. The van der Waals surface area contributed by atoms with Crippen LogP contribution in [0.5, 0.6) is 0 Å². The number of carbonyl (C=O) groups is 1. The summed E-state index contributed by atoms with van der Waals surface area (Å²) >= 11 is 6.25. The van der Waals surface area contributed by atoms with Crippen LogP contribution in [0.1, 0.15) is 28.8 Å². The fourth-order valence-electron chi connectivity index (χ4n) is 4.27. The number of nitrogens with zero attached hydrogens (tertiary/aromatic N) is 6. The van der Waals surface area contributed by atoms with Crippen LogP contribution in [0.15, 0.2) is 54.6 Å². The van der Waals surface area contributed by atoms with E-state index < -0.39 is 0 Å². The normalized spacial score (nSPS) is 14.2. The zero-order chi connectivity index (χ0) is 22.9. The molecule has 168 valence electrons. The second kappa shape index (κ2) is 8.83. The van der Waals surface area contributed by atoms with Gasteiger partial charge in [0.05, 0.1) is 27.4 Å². The molecule has 3 heterocycles. The molecule has 0 spiro atoms. The molecule has 7 nitrogen and oxygen atoms in total. The number of hydrogen-bond donors (Lipinski definition) is 0. The van der Waals surface area contributed by atoms with Crippen molar-refractivity contribution in [2.75, 3.05) is 31.1 Å². The number of aryl methyl sites for hydroxylation is 2. The molecule has 2 aromatic heterocycles. The Balaban J connectivity index is 1.47. The Morgan fingerprint density at radius 1 is 0.970 bits per heavy atom. The molecular formula is C25H25ClN6O. The minimum Gasteiger partial charge on any atom is -0.352 e. The molecule has 1 amide bonds. The van der Waals surface area contributed by atoms with Crippen molar-refractivity contribution in [3.05, 3.63) is 76.7 Å². The van der Waals surface area contributed by atoms with Gasteiger partial charge < -0.3 is 9.80 Å². The molecule has 2 aromatic carbocycles. The maximum absolute atomic E-state index is 13.0. The number of piperazine rings is 1. The molecule has 0 radical (unpaired) electrons. The zero-order valence-corrected chi connectivity index (χ0v) is 19.5. The van der Waals surface area contributed by atoms with E-state index in [1.54, 1.807) is 12.1 Å². The van der Waals surface area contributed by atoms with Crippen LogP contribution in [-0.2, 0) is 6.42 Å². The maximum Gasteiger partial charge on any atom is 0.255 e. The second-order valence-electron chi connectivity index (χ2n) is 8.11. The topological polar surface area (TPSA) is 67.2 Å². The molecule has 1 aliphatic heterocycles. The average Bonchev–Trinajstić information content (AvgIpc) is 3.20. The molecule has 33 heavy (non-hydrogen) atoms. The minimum atomic E-state index is -0.0320. The number of rotatable bonds is 4. The Morgan fingerprint density at radius 3 is 2.36 bits per heavy atom. The van der Waals surface area contributed by atoms with Crippen LogP contribution < -0.4 is 4.90 Å². The van der Waals surface area contributed by atoms with E-state index in [4.69, 9.17) is 26.7 Å². The number of benzene rings is 2. The number of carbonyl (C=O) groups excluding carboxylic acids is 1. The third-order valence-corrected chi connectivity index (χ3v) is 6.35. The molecule has 0 aliphatic carbocycles. The number of hydrogen-bond acceptors (Lipinski definition) is 5. The van der Waals surface area contributed by atoms with Crippen LogP contribution in [0.3, 0.4) is 0 Å². The lowest BCUT2D eigenvalue weighted by atomic mass is 10.1. The molecule has 1 saturated heterocycles. The summed E-state index contributed by atoms with van der Waals surface area (Å²) in [5.74, 6) is 1.64. The molecule has 1 fully saturated rings. The summed E-state index contributed by atoms with van der Waals surface area (Å²) in [5, 5.41) is 6.24. The molecule has 0 atom stereocenters. The molecule has 4 aromatic rings. The predicted octanol–water partition coefficient (Wildman–Crippen LogP) is 4.30. The van der Waals surface area contributed by atoms with E-state index in [1.807, 2.05) is 59.0 Å². The summed E-state index contributed by atoms with van der Waals surface area (Å²) in [4.78, 5) is 26.8. The van der Waals surface area contributed by atoms with Gasteiger partial charge in [-0.25, -0.2) is 14.6 Å². The number of amides is 1. The lowest BCUT2D eigenvalue weighted by molar-refractivity contribution is 0.0747. The van der Waals surface area contributed by atoms with Crippen LogP contribution in [0.4, 0.5) is 5.82 Å². The fourth-order valence-corrected chi connectivity index (χ4v) is 4.48. The smallest absolute Gasteiger partial charge is 0.255 e. The van der Waals surface area contributed by atoms with Crippen molar-refractivity contribution in [1.29, 1.82) is 0 Å². The quantitative estimate of drug-likeness (QED) is 0.454. The predicted molar refractivity (Wildman–Crippen MR) is 130 cm³/mol. The third-order valence-electron chi connectivity index (χ3n) is 6.02. The van der Waals surface area contributed by atoms with E-state index in [0.29, 0.717) is 36.8 Å². The van der Waals surface area contributed by atoms with Crippen molar-refractivity contribution >= 4 is 34.4 Å². The van der Waals surface area contributed by atoms with Crippen LogP contribution in [0.2, 0.25) is 5.02 Å². The second-order valence-corrected chi connectivity index (χ2v) is 8.51. The van der Waals surface area contributed by atoms with Gasteiger partial charge in [0.2, 0.25) is 0 Å². The Kier molecular flexibility index (Phi) is 5.72. The van der Waals surface area contributed by atoms with E-state index >= 15 is 0 Å². The number of fused-ring (bicyclic) bond motifs is 1. The number of para-hydroxylation sites is 1. The summed E-state index contributed by atoms with van der Waals surface area (Å²) in [6, 6.07) is 17.2. The molecular weight excluding hydrogens is 436 g/mol. The molecule has 0 N–H and O–H groups in total. The Morgan fingerprint density at radius 2 is 1.67 bits per heavy atom. The van der Waals surface area contributed by atoms with Gasteiger partial charge in [0, 0.05) is 32.6 Å². The van der Waals surface area contributed by atoms with E-state index in [-0.39, 0.29) is 5.91 Å². The summed E-state index contributed by atoms with van der Waals surface area (Å²) in [6.45, 7) is 6.62. The van der Waals surface area contributed by atoms with Gasteiger partial charge in [-0.2, -0.15) is 5.10 Å². The van der Waals surface area contributed by atoms with Crippen LogP contribution in [-0.4, -0.2) is 56.7 Å². The van der Waals surface area contributed by atoms with Crippen molar-refractivity contribution in [3.63, 3.8) is 0 Å². The lowest BCUT2D eigenvalue weighted by Crippen LogP contribution is -2.49. The molecule has 0 saturated carbocycles. The van der Waals surface area contributed by atoms with Crippen molar-refractivity contribution < 1.29 is 4.79 Å². The number of halogens is 1. The van der Waals surface area contributed by atoms with E-state index in [0.717, 1.165) is 40.5 Å². The highest BCUT2D eigenvalue weighted by Gasteiger charge is 2.27. The number of aromatic nitrogens is 4. The monoisotopic (exact) mass is 460 g/mol. The first-order chi connectivity index (χ1) is 16.1. The van der Waals surface area contributed by atoms with Gasteiger partial charge in [-0.15, -0.1) is 0 Å². The lowest BCUT2D eigenvalue weighted by Gasteiger charge is -2.36. The molecule has 0 unspecified atom stereocenters. The van der Waals surface area contributed by atoms with Crippen LogP contribution in [0.25, 0.3) is 16.7 Å². The first kappa shape index (κ1) is 21.4. The Bertz CT molecular complexity index is 1310. The highest BCUT2D eigenvalue weighted by molar-refractivity contribution is 6.33. The van der Waals surface area contributed by atoms with E-state index in [1.165, 1.54) is 0 Å². The standard InChI is InChI=1S/C25H25ClN6O/c1-3-21-27-23(22-17(2)29-32(24(22)28-21)18-9-5-4-6-10-18)30-13-15-31(16-14-30)25(33)19-11-7-8-12-20(19)26/h4-12H,3,13-16H2,1-2H3. The SMILES string of the molecule is CCc1nc(N2CCN(C(=O)c3ccccc3Cl)CC2)c2c(C)nn(-c3ccccc3)c2n1. The molecule has 5 rings (SSSR count). The maximum atomic E-state index is 13.0. The minimum absolute atomic E-state index is 0.0320. The summed E-state index contributed by atoms with van der Waals surface area (Å²) in [7, 11) is 0. The van der Waals surface area contributed by atoms with Gasteiger partial charge in [-0.3, -0.25) is 4.79 Å². The van der Waals surface area contributed by atoms with Crippen molar-refractivity contribution in [1.82, 2.24) is 24.6 Å². The first-order valence-electron chi connectivity index (χ1n) is 11.2. The Hall–Kier alpha value is -3.45. The van der Waals surface area contributed by atoms with Gasteiger partial charge in [0.1, 0.15) is 11.6 Å². The van der Waals surface area contributed by atoms with Crippen molar-refractivity contribution in [2.24, 2.45) is 0 Å². The fraction of sp³-hybridized carbons (Fsp3) is 0.280. The first-order valence-corrected chi connectivity index (χ1v) is 11.5. The number of anilines is 1. The van der Waals surface area contributed by atoms with Crippen molar-refractivity contribution in [3.8, 4) is 5.69 Å². The molecule has 8 heteroatoms. The average molecular weight is 461 g/mol. The third kappa shape index (κ3) is 3.93. The van der Waals surface area contributed by atoms with Gasteiger partial charge in [0.15, 0.2) is 5.65 Å². The van der Waals surface area contributed by atoms with Crippen LogP contribution >= 0.6 is 11.6 Å². The summed E-state index contributed by atoms with van der Waals surface area (Å²) in [6.07, 6.45) is 0.729. The van der Waals surface area contributed by atoms with E-state index in [9.17, 15) is 4.79 Å². The molecule has 0 bridgehead atoms. The highest BCUT2D eigenvalue weighted by atomic mass is 35.5. The van der Waals surface area contributed by atoms with Gasteiger partial charge in [0.25, 0.3) is 5.91 Å². The van der Waals surface area contributed by atoms with Gasteiger partial charge in [-0.1, -0.05) is 48.9 Å². The van der Waals surface area contributed by atoms with Gasteiger partial charge in [-0.05, 0) is 31.2 Å². The zero-order valence-electron chi connectivity index (χ0n) is 18.7. The van der Waals surface area contributed by atoms with Crippen LogP contribution in [0, 0.1) is 6.92 Å². The Labute approximate surface area is 197 Å². The summed E-state index contributed by atoms with van der Waals surface area (Å²) < 4.78 is 1.90. The van der Waals surface area contributed by atoms with E-state index in [2.05, 4.69) is 11.8 Å². The largest absolute Gasteiger partial charge is 0.352 e. The van der Waals surface area contributed by atoms with Gasteiger partial charge >= 0.3 is 0 Å². The highest BCUT2D eigenvalue weighted by Crippen LogP contribution is 2.30.